The maximum Gasteiger partial charge on any atom is 0.123 e. The Morgan fingerprint density at radius 1 is 1.06 bits per heavy atom. The van der Waals surface area contributed by atoms with Crippen molar-refractivity contribution in [1.82, 2.24) is 0 Å². The summed E-state index contributed by atoms with van der Waals surface area (Å²) >= 11 is 0. The first-order valence-electron chi connectivity index (χ1n) is 6.10. The smallest absolute Gasteiger partial charge is 0.123 e. The van der Waals surface area contributed by atoms with Crippen LogP contribution < -0.4 is 9.47 Å². The van der Waals surface area contributed by atoms with Gasteiger partial charge in [-0.1, -0.05) is 12.7 Å². The molecule has 2 unspecified atom stereocenters. The molecule has 2 fully saturated rings. The van der Waals surface area contributed by atoms with Gasteiger partial charge in [0, 0.05) is 6.07 Å². The van der Waals surface area contributed by atoms with E-state index in [0.717, 1.165) is 30.3 Å². The Morgan fingerprint density at radius 2 is 1.56 bits per heavy atom. The molecule has 2 heterocycles. The molecule has 0 N–H and O–H groups in total. The van der Waals surface area contributed by atoms with Crippen molar-refractivity contribution >= 4 is 6.08 Å². The molecule has 4 heteroatoms. The fourth-order valence-electron chi connectivity index (χ4n) is 1.59. The Morgan fingerprint density at radius 3 is 1.94 bits per heavy atom. The average molecular weight is 248 g/mol. The van der Waals surface area contributed by atoms with E-state index in [-0.39, 0.29) is 12.2 Å². The zero-order chi connectivity index (χ0) is 12.4. The van der Waals surface area contributed by atoms with Crippen LogP contribution in [0.5, 0.6) is 11.5 Å². The number of hydrogen-bond acceptors (Lipinski definition) is 4. The quantitative estimate of drug-likeness (QED) is 0.691. The van der Waals surface area contributed by atoms with E-state index in [0.29, 0.717) is 13.2 Å². The lowest BCUT2D eigenvalue weighted by Crippen LogP contribution is -2.06. The van der Waals surface area contributed by atoms with Crippen molar-refractivity contribution in [2.75, 3.05) is 26.4 Å². The maximum atomic E-state index is 5.65. The number of epoxide rings is 2. The lowest BCUT2D eigenvalue weighted by molar-refractivity contribution is 0.252. The van der Waals surface area contributed by atoms with Crippen molar-refractivity contribution in [3.8, 4) is 11.5 Å². The number of ether oxygens (including phenoxy) is 4. The standard InChI is InChI=1S/C14H16O4/c1-2-10-3-11(15-6-13-8-17-13)5-12(4-10)16-7-14-9-18-14/h2-5,13-14H,1,6-9H2. The molecular weight excluding hydrogens is 232 g/mol. The Bertz CT molecular complexity index is 401. The molecule has 0 aromatic heterocycles. The molecular formula is C14H16O4. The van der Waals surface area contributed by atoms with Gasteiger partial charge in [-0.3, -0.25) is 0 Å². The minimum absolute atomic E-state index is 0.251. The van der Waals surface area contributed by atoms with Gasteiger partial charge < -0.3 is 18.9 Å². The van der Waals surface area contributed by atoms with Crippen molar-refractivity contribution in [3.63, 3.8) is 0 Å². The molecule has 96 valence electrons. The molecule has 0 spiro atoms. The highest BCUT2D eigenvalue weighted by atomic mass is 16.6. The van der Waals surface area contributed by atoms with Gasteiger partial charge in [0.15, 0.2) is 0 Å². The van der Waals surface area contributed by atoms with E-state index in [4.69, 9.17) is 18.9 Å². The lowest BCUT2D eigenvalue weighted by atomic mass is 10.2. The fraction of sp³-hybridized carbons (Fsp3) is 0.429. The zero-order valence-electron chi connectivity index (χ0n) is 10.1. The van der Waals surface area contributed by atoms with E-state index in [1.807, 2.05) is 18.2 Å². The average Bonchev–Trinajstić information content (AvgIpc) is 3.28. The van der Waals surface area contributed by atoms with Gasteiger partial charge in [-0.25, -0.2) is 0 Å². The van der Waals surface area contributed by atoms with Crippen LogP contribution in [0, 0.1) is 0 Å². The molecule has 4 nitrogen and oxygen atoms in total. The first-order chi connectivity index (χ1) is 8.83. The highest BCUT2D eigenvalue weighted by Gasteiger charge is 2.24. The molecule has 2 aliphatic rings. The lowest BCUT2D eigenvalue weighted by Gasteiger charge is -2.10. The van der Waals surface area contributed by atoms with Crippen molar-refractivity contribution in [1.29, 1.82) is 0 Å². The Balaban J connectivity index is 1.65. The number of benzene rings is 1. The highest BCUT2D eigenvalue weighted by Crippen LogP contribution is 2.25. The van der Waals surface area contributed by atoms with Crippen molar-refractivity contribution in [2.45, 2.75) is 12.2 Å². The van der Waals surface area contributed by atoms with Crippen LogP contribution >= 0.6 is 0 Å². The molecule has 0 radical (unpaired) electrons. The molecule has 3 rings (SSSR count). The van der Waals surface area contributed by atoms with Crippen molar-refractivity contribution < 1.29 is 18.9 Å². The molecule has 0 amide bonds. The summed E-state index contributed by atoms with van der Waals surface area (Å²) in [6.45, 7) is 6.54. The topological polar surface area (TPSA) is 43.5 Å². The highest BCUT2D eigenvalue weighted by molar-refractivity contribution is 5.53. The molecule has 1 aromatic rings. The monoisotopic (exact) mass is 248 g/mol. The van der Waals surface area contributed by atoms with Gasteiger partial charge in [-0.2, -0.15) is 0 Å². The number of hydrogen-bond donors (Lipinski definition) is 0. The van der Waals surface area contributed by atoms with Gasteiger partial charge >= 0.3 is 0 Å². The van der Waals surface area contributed by atoms with E-state index in [2.05, 4.69) is 6.58 Å². The molecule has 0 aliphatic carbocycles. The van der Waals surface area contributed by atoms with Crippen molar-refractivity contribution in [2.24, 2.45) is 0 Å². The SMILES string of the molecule is C=Cc1cc(OCC2CO2)cc(OCC2CO2)c1. The normalized spacial score (nSPS) is 24.4. The predicted molar refractivity (Wildman–Crippen MR) is 67.0 cm³/mol. The van der Waals surface area contributed by atoms with E-state index in [1.54, 1.807) is 6.08 Å². The minimum atomic E-state index is 0.251. The van der Waals surface area contributed by atoms with Crippen LogP contribution in [-0.4, -0.2) is 38.6 Å². The first kappa shape index (κ1) is 11.6. The van der Waals surface area contributed by atoms with Gasteiger partial charge in [-0.05, 0) is 17.7 Å². The van der Waals surface area contributed by atoms with Crippen LogP contribution in [-0.2, 0) is 9.47 Å². The van der Waals surface area contributed by atoms with Crippen LogP contribution in [0.15, 0.2) is 24.8 Å². The summed E-state index contributed by atoms with van der Waals surface area (Å²) in [7, 11) is 0. The second-order valence-corrected chi connectivity index (χ2v) is 4.47. The molecule has 18 heavy (non-hydrogen) atoms. The van der Waals surface area contributed by atoms with Gasteiger partial charge in [-0.15, -0.1) is 0 Å². The summed E-state index contributed by atoms with van der Waals surface area (Å²) in [6.07, 6.45) is 2.28. The summed E-state index contributed by atoms with van der Waals surface area (Å²) in [6, 6.07) is 5.77. The summed E-state index contributed by atoms with van der Waals surface area (Å²) in [4.78, 5) is 0. The zero-order valence-corrected chi connectivity index (χ0v) is 10.1. The Hall–Kier alpha value is -1.52. The third-order valence-corrected chi connectivity index (χ3v) is 2.81. The Labute approximate surface area is 106 Å². The van der Waals surface area contributed by atoms with E-state index >= 15 is 0 Å². The van der Waals surface area contributed by atoms with Crippen molar-refractivity contribution in [3.05, 3.63) is 30.3 Å². The third-order valence-electron chi connectivity index (χ3n) is 2.81. The van der Waals surface area contributed by atoms with Gasteiger partial charge in [0.05, 0.1) is 13.2 Å². The molecule has 0 saturated carbocycles. The summed E-state index contributed by atoms with van der Waals surface area (Å²) < 4.78 is 21.5. The molecule has 0 bridgehead atoms. The minimum Gasteiger partial charge on any atom is -0.491 e. The predicted octanol–water partition coefficient (Wildman–Crippen LogP) is 1.88. The van der Waals surface area contributed by atoms with E-state index in [1.165, 1.54) is 0 Å². The second kappa shape index (κ2) is 5.00. The largest absolute Gasteiger partial charge is 0.491 e. The van der Waals surface area contributed by atoms with Gasteiger partial charge in [0.25, 0.3) is 0 Å². The molecule has 2 aliphatic heterocycles. The Kier molecular flexibility index (Phi) is 3.21. The second-order valence-electron chi connectivity index (χ2n) is 4.47. The van der Waals surface area contributed by atoms with Crippen LogP contribution in [0.1, 0.15) is 5.56 Å². The first-order valence-corrected chi connectivity index (χ1v) is 6.10. The van der Waals surface area contributed by atoms with Crippen LogP contribution in [0.3, 0.4) is 0 Å². The van der Waals surface area contributed by atoms with Gasteiger partial charge in [0.1, 0.15) is 36.9 Å². The van der Waals surface area contributed by atoms with Crippen LogP contribution in [0.4, 0.5) is 0 Å². The number of rotatable bonds is 7. The molecule has 2 atom stereocenters. The van der Waals surface area contributed by atoms with Crippen LogP contribution in [0.25, 0.3) is 6.08 Å². The fourth-order valence-corrected chi connectivity index (χ4v) is 1.59. The van der Waals surface area contributed by atoms with E-state index in [9.17, 15) is 0 Å². The summed E-state index contributed by atoms with van der Waals surface area (Å²) in [5.41, 5.74) is 0.982. The third kappa shape index (κ3) is 3.24. The maximum absolute atomic E-state index is 5.65. The van der Waals surface area contributed by atoms with E-state index < -0.39 is 0 Å². The summed E-state index contributed by atoms with van der Waals surface area (Å²) in [5, 5.41) is 0. The molecule has 1 aromatic carbocycles. The van der Waals surface area contributed by atoms with Crippen LogP contribution in [0.2, 0.25) is 0 Å². The van der Waals surface area contributed by atoms with Gasteiger partial charge in [0.2, 0.25) is 0 Å². The molecule has 2 saturated heterocycles. The summed E-state index contributed by atoms with van der Waals surface area (Å²) in [5.74, 6) is 1.57.